The molecule has 0 amide bonds. The highest BCUT2D eigenvalue weighted by Gasteiger charge is 2.50. The third-order valence-electron chi connectivity index (χ3n) is 4.37. The average molecular weight is 316 g/mol. The molecule has 0 bridgehead atoms. The molecule has 0 heterocycles. The Bertz CT molecular complexity index is 658. The monoisotopic (exact) mass is 316 g/mol. The molecule has 5 nitrogen and oxygen atoms in total. The van der Waals surface area contributed by atoms with Gasteiger partial charge in [0.05, 0.1) is 6.10 Å². The summed E-state index contributed by atoms with van der Waals surface area (Å²) in [5.74, 6) is -0.797. The van der Waals surface area contributed by atoms with Crippen molar-refractivity contribution in [3.8, 4) is 0 Å². The molecule has 1 saturated carbocycles. The van der Waals surface area contributed by atoms with E-state index in [-0.39, 0.29) is 23.2 Å². The van der Waals surface area contributed by atoms with Crippen LogP contribution in [0.25, 0.3) is 0 Å². The van der Waals surface area contributed by atoms with Crippen LogP contribution in [0.4, 0.5) is 10.1 Å². The first kappa shape index (κ1) is 16.2. The number of nitrogens with two attached hydrogens (primary N) is 1. The number of hydrogen-bond acceptors (Lipinski definition) is 4. The number of sulfonamides is 1. The molecule has 3 N–H and O–H groups in total. The van der Waals surface area contributed by atoms with Gasteiger partial charge in [0.1, 0.15) is 10.7 Å². The molecule has 0 saturated heterocycles. The van der Waals surface area contributed by atoms with E-state index in [1.165, 1.54) is 0 Å². The maximum atomic E-state index is 13.9. The summed E-state index contributed by atoms with van der Waals surface area (Å²) in [6, 6.07) is 2.00. The highest BCUT2D eigenvalue weighted by atomic mass is 32.2. The van der Waals surface area contributed by atoms with Crippen LogP contribution >= 0.6 is 0 Å². The van der Waals surface area contributed by atoms with E-state index < -0.39 is 20.7 Å². The van der Waals surface area contributed by atoms with Crippen molar-refractivity contribution in [2.45, 2.75) is 44.2 Å². The molecule has 7 heteroatoms. The van der Waals surface area contributed by atoms with Gasteiger partial charge in [-0.3, -0.25) is 0 Å². The lowest BCUT2D eigenvalue weighted by molar-refractivity contribution is -0.0908. The van der Waals surface area contributed by atoms with Crippen molar-refractivity contribution in [3.05, 3.63) is 23.5 Å². The van der Waals surface area contributed by atoms with Crippen molar-refractivity contribution >= 4 is 15.7 Å². The van der Waals surface area contributed by atoms with Gasteiger partial charge < -0.3 is 10.5 Å². The molecule has 2 unspecified atom stereocenters. The SMILES string of the molecule is COC1CC(NS(=O)(=O)c2cc(N)c(C)cc2F)C1(C)C. The first-order chi connectivity index (χ1) is 9.59. The second-order valence-electron chi connectivity index (χ2n) is 6.09. The van der Waals surface area contributed by atoms with Crippen molar-refractivity contribution in [3.63, 3.8) is 0 Å². The zero-order valence-corrected chi connectivity index (χ0v) is 13.4. The summed E-state index contributed by atoms with van der Waals surface area (Å²) in [6.07, 6.45) is 0.546. The van der Waals surface area contributed by atoms with E-state index in [1.807, 2.05) is 13.8 Å². The van der Waals surface area contributed by atoms with Crippen LogP contribution in [0.3, 0.4) is 0 Å². The summed E-state index contributed by atoms with van der Waals surface area (Å²) in [7, 11) is -2.36. The molecule has 118 valence electrons. The molecule has 0 aromatic heterocycles. The molecule has 2 rings (SSSR count). The summed E-state index contributed by atoms with van der Waals surface area (Å²) >= 11 is 0. The van der Waals surface area contributed by atoms with Gasteiger partial charge in [-0.15, -0.1) is 0 Å². The maximum absolute atomic E-state index is 13.9. The number of halogens is 1. The van der Waals surface area contributed by atoms with E-state index in [0.29, 0.717) is 12.0 Å². The minimum atomic E-state index is -3.95. The number of nitrogen functional groups attached to an aromatic ring is 1. The molecule has 21 heavy (non-hydrogen) atoms. The fourth-order valence-electron chi connectivity index (χ4n) is 2.61. The summed E-state index contributed by atoms with van der Waals surface area (Å²) in [5, 5.41) is 0. The number of aryl methyl sites for hydroxylation is 1. The van der Waals surface area contributed by atoms with Gasteiger partial charge in [0.15, 0.2) is 0 Å². The van der Waals surface area contributed by atoms with Crippen LogP contribution in [0.1, 0.15) is 25.8 Å². The Morgan fingerprint density at radius 1 is 1.43 bits per heavy atom. The van der Waals surface area contributed by atoms with Crippen LogP contribution < -0.4 is 10.5 Å². The first-order valence-corrected chi connectivity index (χ1v) is 8.18. The Morgan fingerprint density at radius 2 is 2.05 bits per heavy atom. The van der Waals surface area contributed by atoms with Crippen LogP contribution in [0.2, 0.25) is 0 Å². The summed E-state index contributed by atoms with van der Waals surface area (Å²) in [5.41, 5.74) is 6.10. The van der Waals surface area contributed by atoms with Gasteiger partial charge in [-0.2, -0.15) is 0 Å². The number of methoxy groups -OCH3 is 1. The summed E-state index contributed by atoms with van der Waals surface area (Å²) in [6.45, 7) is 5.45. The van der Waals surface area contributed by atoms with Gasteiger partial charge in [0.25, 0.3) is 0 Å². The van der Waals surface area contributed by atoms with Crippen LogP contribution in [0.5, 0.6) is 0 Å². The smallest absolute Gasteiger partial charge is 0.243 e. The quantitative estimate of drug-likeness (QED) is 0.830. The predicted octanol–water partition coefficient (Wildman–Crippen LogP) is 1.81. The summed E-state index contributed by atoms with van der Waals surface area (Å²) < 4.78 is 46.5. The third kappa shape index (κ3) is 2.77. The fourth-order valence-corrected chi connectivity index (χ4v) is 4.11. The van der Waals surface area contributed by atoms with Gasteiger partial charge in [-0.1, -0.05) is 13.8 Å². The second-order valence-corrected chi connectivity index (χ2v) is 7.78. The Labute approximate surface area is 124 Å². The predicted molar refractivity (Wildman–Crippen MR) is 78.9 cm³/mol. The van der Waals surface area contributed by atoms with E-state index in [1.54, 1.807) is 14.0 Å². The standard InChI is InChI=1S/C14H21FN2O3S/c1-8-5-9(15)11(6-10(8)16)21(18,19)17-12-7-13(20-4)14(12,2)3/h5-6,12-13,17H,7,16H2,1-4H3. The lowest BCUT2D eigenvalue weighted by atomic mass is 9.65. The third-order valence-corrected chi connectivity index (χ3v) is 5.86. The van der Waals surface area contributed by atoms with Crippen molar-refractivity contribution < 1.29 is 17.5 Å². The average Bonchev–Trinajstić information content (AvgIpc) is 2.38. The van der Waals surface area contributed by atoms with E-state index >= 15 is 0 Å². The molecule has 1 aromatic rings. The minimum absolute atomic E-state index is 0.0156. The molecule has 1 fully saturated rings. The van der Waals surface area contributed by atoms with Crippen molar-refractivity contribution in [1.29, 1.82) is 0 Å². The first-order valence-electron chi connectivity index (χ1n) is 6.70. The molecular weight excluding hydrogens is 295 g/mol. The Hall–Kier alpha value is -1.18. The second kappa shape index (κ2) is 5.23. The van der Waals surface area contributed by atoms with Crippen molar-refractivity contribution in [2.24, 2.45) is 5.41 Å². The molecule has 1 aromatic carbocycles. The topological polar surface area (TPSA) is 81.4 Å². The number of rotatable bonds is 4. The molecule has 0 aliphatic heterocycles. The van der Waals surface area contributed by atoms with E-state index in [0.717, 1.165) is 12.1 Å². The van der Waals surface area contributed by atoms with Gasteiger partial charge in [-0.25, -0.2) is 17.5 Å². The summed E-state index contributed by atoms with van der Waals surface area (Å²) in [4.78, 5) is -0.415. The Morgan fingerprint density at radius 3 is 2.57 bits per heavy atom. The number of anilines is 1. The highest BCUT2D eigenvalue weighted by Crippen LogP contribution is 2.43. The number of benzene rings is 1. The molecule has 0 spiro atoms. The Kier molecular flexibility index (Phi) is 4.03. The highest BCUT2D eigenvalue weighted by molar-refractivity contribution is 7.89. The normalized spacial score (nSPS) is 24.6. The van der Waals surface area contributed by atoms with Crippen molar-refractivity contribution in [2.75, 3.05) is 12.8 Å². The van der Waals surface area contributed by atoms with Crippen LogP contribution in [-0.2, 0) is 14.8 Å². The van der Waals surface area contributed by atoms with Gasteiger partial charge in [0, 0.05) is 24.3 Å². The largest absolute Gasteiger partial charge is 0.398 e. The van der Waals surface area contributed by atoms with Gasteiger partial charge in [0.2, 0.25) is 10.0 Å². The van der Waals surface area contributed by atoms with Crippen molar-refractivity contribution in [1.82, 2.24) is 4.72 Å². The van der Waals surface area contributed by atoms with E-state index in [4.69, 9.17) is 10.5 Å². The minimum Gasteiger partial charge on any atom is -0.398 e. The molecule has 0 radical (unpaired) electrons. The van der Waals surface area contributed by atoms with Gasteiger partial charge in [-0.05, 0) is 31.0 Å². The Balaban J connectivity index is 2.27. The zero-order chi connectivity index (χ0) is 16.0. The molecular formula is C14H21FN2O3S. The van der Waals surface area contributed by atoms with Crippen LogP contribution in [0, 0.1) is 18.2 Å². The molecule has 2 atom stereocenters. The number of hydrogen-bond donors (Lipinski definition) is 2. The molecule has 1 aliphatic rings. The lowest BCUT2D eigenvalue weighted by Gasteiger charge is -2.50. The zero-order valence-electron chi connectivity index (χ0n) is 12.6. The van der Waals surface area contributed by atoms with E-state index in [2.05, 4.69) is 4.72 Å². The number of ether oxygens (including phenoxy) is 1. The number of nitrogens with one attached hydrogen (secondary N) is 1. The maximum Gasteiger partial charge on any atom is 0.243 e. The lowest BCUT2D eigenvalue weighted by Crippen LogP contribution is -2.61. The van der Waals surface area contributed by atoms with Crippen LogP contribution in [0.15, 0.2) is 17.0 Å². The van der Waals surface area contributed by atoms with Gasteiger partial charge >= 0.3 is 0 Å². The molecule has 1 aliphatic carbocycles. The van der Waals surface area contributed by atoms with E-state index in [9.17, 15) is 12.8 Å². The fraction of sp³-hybridized carbons (Fsp3) is 0.571. The van der Waals surface area contributed by atoms with Crippen LogP contribution in [-0.4, -0.2) is 27.7 Å².